The summed E-state index contributed by atoms with van der Waals surface area (Å²) < 4.78 is -0.686. The van der Waals surface area contributed by atoms with Gasteiger partial charge in [-0.1, -0.05) is 22.7 Å². The van der Waals surface area contributed by atoms with Gasteiger partial charge in [-0.2, -0.15) is 0 Å². The van der Waals surface area contributed by atoms with Crippen LogP contribution in [0.15, 0.2) is 10.2 Å². The van der Waals surface area contributed by atoms with Gasteiger partial charge in [0.1, 0.15) is 17.5 Å². The van der Waals surface area contributed by atoms with E-state index in [2.05, 4.69) is 5.32 Å². The number of carboxylic acid groups (broad SMARTS) is 1. The summed E-state index contributed by atoms with van der Waals surface area (Å²) in [6, 6.07) is -1.59. The second-order valence-corrected chi connectivity index (χ2v) is 9.84. The Bertz CT molecular complexity index is 740. The number of hydrogen-bond donors (Lipinski definition) is 2. The zero-order valence-corrected chi connectivity index (χ0v) is 14.7. The Morgan fingerprint density at radius 2 is 2.09 bits per heavy atom. The van der Waals surface area contributed by atoms with Crippen molar-refractivity contribution >= 4 is 52.2 Å². The van der Waals surface area contributed by atoms with Crippen molar-refractivity contribution in [2.75, 3.05) is 0 Å². The standard InChI is InChI=1S/C13H14N2O5S3/c1-13(2)8(11(18)19)15-9(17)7(10(15)23-13)14-6(16)3-5-4-21-12(20)22-5/h4,7-8,10H,3H2,1-2H3,(H,14,16)(H,18,19)/t7-,8+,10-/m1/s1. The Morgan fingerprint density at radius 1 is 1.39 bits per heavy atom. The van der Waals surface area contributed by atoms with E-state index in [9.17, 15) is 24.3 Å². The molecule has 2 fully saturated rings. The highest BCUT2D eigenvalue weighted by atomic mass is 32.2. The first-order valence-electron chi connectivity index (χ1n) is 6.80. The van der Waals surface area contributed by atoms with E-state index in [-0.39, 0.29) is 27.7 Å². The summed E-state index contributed by atoms with van der Waals surface area (Å²) in [5.74, 6) is -1.74. The average molecular weight is 374 g/mol. The normalized spacial score (nSPS) is 28.2. The number of aliphatic carboxylic acids is 1. The van der Waals surface area contributed by atoms with Gasteiger partial charge in [0.05, 0.1) is 6.42 Å². The number of carboxylic acids is 1. The molecule has 1 aromatic heterocycles. The molecule has 0 aromatic carbocycles. The van der Waals surface area contributed by atoms with Crippen LogP contribution in [-0.4, -0.2) is 50.0 Å². The van der Waals surface area contributed by atoms with Crippen molar-refractivity contribution in [2.45, 2.75) is 42.5 Å². The molecule has 2 N–H and O–H groups in total. The molecule has 2 saturated heterocycles. The van der Waals surface area contributed by atoms with E-state index in [4.69, 9.17) is 0 Å². The quantitative estimate of drug-likeness (QED) is 0.737. The van der Waals surface area contributed by atoms with E-state index >= 15 is 0 Å². The molecule has 10 heteroatoms. The van der Waals surface area contributed by atoms with Crippen LogP contribution in [0.2, 0.25) is 0 Å². The second-order valence-electron chi connectivity index (χ2n) is 5.87. The number of rotatable bonds is 4. The molecule has 3 atom stereocenters. The minimum absolute atomic E-state index is 0.0519. The van der Waals surface area contributed by atoms with Crippen LogP contribution < -0.4 is 9.37 Å². The molecule has 0 saturated carbocycles. The van der Waals surface area contributed by atoms with Crippen molar-refractivity contribution in [3.63, 3.8) is 0 Å². The number of fused-ring (bicyclic) bond motifs is 1. The first kappa shape index (κ1) is 16.5. The topological polar surface area (TPSA) is 104 Å². The van der Waals surface area contributed by atoms with E-state index in [1.807, 2.05) is 0 Å². The predicted octanol–water partition coefficient (Wildman–Crippen LogP) is 0.344. The van der Waals surface area contributed by atoms with Gasteiger partial charge in [0.15, 0.2) is 0 Å². The molecular formula is C13H14N2O5S3. The molecule has 7 nitrogen and oxygen atoms in total. The van der Waals surface area contributed by atoms with Crippen LogP contribution in [0.1, 0.15) is 18.7 Å². The van der Waals surface area contributed by atoms with Gasteiger partial charge in [0.2, 0.25) is 11.8 Å². The van der Waals surface area contributed by atoms with Gasteiger partial charge in [-0.25, -0.2) is 4.79 Å². The van der Waals surface area contributed by atoms with Crippen LogP contribution >= 0.6 is 34.4 Å². The molecule has 0 spiro atoms. The van der Waals surface area contributed by atoms with Crippen LogP contribution in [-0.2, 0) is 20.8 Å². The summed E-state index contributed by atoms with van der Waals surface area (Å²) >= 11 is 3.44. The second kappa shape index (κ2) is 5.60. The van der Waals surface area contributed by atoms with Crippen molar-refractivity contribution < 1.29 is 19.5 Å². The molecule has 2 aliphatic heterocycles. The number of carbonyl (C=O) groups excluding carboxylic acids is 2. The first-order chi connectivity index (χ1) is 10.7. The lowest BCUT2D eigenvalue weighted by Gasteiger charge is -2.43. The van der Waals surface area contributed by atoms with Crippen LogP contribution in [0.4, 0.5) is 0 Å². The Morgan fingerprint density at radius 3 is 2.65 bits per heavy atom. The molecule has 1 aromatic rings. The highest BCUT2D eigenvalue weighted by Crippen LogP contribution is 2.50. The summed E-state index contributed by atoms with van der Waals surface area (Å²) in [7, 11) is 0. The number of thioether (sulfide) groups is 1. The maximum absolute atomic E-state index is 12.2. The first-order valence-corrected chi connectivity index (χ1v) is 9.38. The van der Waals surface area contributed by atoms with Gasteiger partial charge in [0.25, 0.3) is 4.06 Å². The third-order valence-corrected chi connectivity index (χ3v) is 7.37. The lowest BCUT2D eigenvalue weighted by atomic mass is 9.96. The van der Waals surface area contributed by atoms with Crippen LogP contribution in [0.25, 0.3) is 0 Å². The number of amides is 2. The number of hydrogen-bond acceptors (Lipinski definition) is 7. The number of carbonyl (C=O) groups is 3. The molecule has 3 rings (SSSR count). The summed E-state index contributed by atoms with van der Waals surface area (Å²) in [6.45, 7) is 3.56. The van der Waals surface area contributed by atoms with Gasteiger partial charge in [-0.3, -0.25) is 14.4 Å². The predicted molar refractivity (Wildman–Crippen MR) is 87.8 cm³/mol. The Hall–Kier alpha value is -1.39. The summed E-state index contributed by atoms with van der Waals surface area (Å²) in [5.41, 5.74) is 0. The van der Waals surface area contributed by atoms with Crippen molar-refractivity contribution in [1.82, 2.24) is 10.2 Å². The van der Waals surface area contributed by atoms with Crippen molar-refractivity contribution in [3.8, 4) is 0 Å². The van der Waals surface area contributed by atoms with Crippen LogP contribution in [0, 0.1) is 0 Å². The monoisotopic (exact) mass is 374 g/mol. The Labute approximate surface area is 143 Å². The van der Waals surface area contributed by atoms with E-state index in [1.54, 1.807) is 19.2 Å². The third-order valence-electron chi connectivity index (χ3n) is 3.83. The smallest absolute Gasteiger partial charge is 0.327 e. The molecule has 0 aliphatic carbocycles. The lowest BCUT2D eigenvalue weighted by molar-refractivity contribution is -0.161. The maximum Gasteiger partial charge on any atom is 0.327 e. The lowest BCUT2D eigenvalue weighted by Crippen LogP contribution is -2.70. The molecule has 124 valence electrons. The maximum atomic E-state index is 12.2. The fourth-order valence-electron chi connectivity index (χ4n) is 2.87. The largest absolute Gasteiger partial charge is 0.480 e. The van der Waals surface area contributed by atoms with Gasteiger partial charge < -0.3 is 15.3 Å². The van der Waals surface area contributed by atoms with Gasteiger partial charge in [0, 0.05) is 15.0 Å². The average Bonchev–Trinajstić information content (AvgIpc) is 2.95. The fraction of sp³-hybridized carbons (Fsp3) is 0.538. The molecule has 0 bridgehead atoms. The Kier molecular flexibility index (Phi) is 4.01. The van der Waals surface area contributed by atoms with Crippen molar-refractivity contribution in [3.05, 3.63) is 19.1 Å². The zero-order chi connectivity index (χ0) is 16.9. The van der Waals surface area contributed by atoms with E-state index in [0.29, 0.717) is 4.88 Å². The SMILES string of the molecule is CC1(C)S[C@@H]2[C@H](NC(=O)Cc3csc(=O)s3)C(=O)N2[C@H]1C(=O)O. The molecule has 0 unspecified atom stereocenters. The molecule has 2 aliphatic rings. The van der Waals surface area contributed by atoms with Crippen LogP contribution in [0.5, 0.6) is 0 Å². The molecule has 0 radical (unpaired) electrons. The Balaban J connectivity index is 1.67. The minimum atomic E-state index is -1.04. The molecule has 3 heterocycles. The third kappa shape index (κ3) is 2.79. The number of β-lactam (4-membered cyclic amide) rings is 1. The van der Waals surface area contributed by atoms with Gasteiger partial charge in [-0.05, 0) is 13.8 Å². The molecule has 2 amide bonds. The van der Waals surface area contributed by atoms with Gasteiger partial charge in [-0.15, -0.1) is 11.8 Å². The zero-order valence-electron chi connectivity index (χ0n) is 12.3. The summed E-state index contributed by atoms with van der Waals surface area (Å²) in [5, 5.41) is 13.3. The summed E-state index contributed by atoms with van der Waals surface area (Å²) in [4.78, 5) is 48.8. The summed E-state index contributed by atoms with van der Waals surface area (Å²) in [6.07, 6.45) is 0.0519. The van der Waals surface area contributed by atoms with Gasteiger partial charge >= 0.3 is 5.97 Å². The van der Waals surface area contributed by atoms with E-state index in [1.165, 1.54) is 16.7 Å². The molecular weight excluding hydrogens is 360 g/mol. The number of nitrogens with one attached hydrogen (secondary N) is 1. The van der Waals surface area contributed by atoms with E-state index < -0.39 is 22.8 Å². The fourth-order valence-corrected chi connectivity index (χ4v) is 6.22. The molecule has 23 heavy (non-hydrogen) atoms. The van der Waals surface area contributed by atoms with Crippen LogP contribution in [0.3, 0.4) is 0 Å². The highest BCUT2D eigenvalue weighted by Gasteiger charge is 2.64. The minimum Gasteiger partial charge on any atom is -0.480 e. The van der Waals surface area contributed by atoms with Crippen molar-refractivity contribution in [1.29, 1.82) is 0 Å². The number of nitrogens with zero attached hydrogens (tertiary/aromatic N) is 1. The highest BCUT2D eigenvalue weighted by molar-refractivity contribution is 8.01. The van der Waals surface area contributed by atoms with Crippen molar-refractivity contribution in [2.24, 2.45) is 0 Å². The van der Waals surface area contributed by atoms with E-state index in [0.717, 1.165) is 22.7 Å².